The molecular weight excluding hydrogens is 202 g/mol. The maximum absolute atomic E-state index is 11.1. The number of amides is 1. The van der Waals surface area contributed by atoms with Gasteiger partial charge in [-0.2, -0.15) is 0 Å². The molecule has 0 radical (unpaired) electrons. The van der Waals surface area contributed by atoms with Crippen molar-refractivity contribution in [1.29, 1.82) is 0 Å². The summed E-state index contributed by atoms with van der Waals surface area (Å²) in [6.45, 7) is 9.92. The summed E-state index contributed by atoms with van der Waals surface area (Å²) in [5.41, 5.74) is 0.583. The maximum Gasteiger partial charge on any atom is 0.406 e. The molecule has 0 heterocycles. The molecule has 1 rings (SSSR count). The van der Waals surface area contributed by atoms with E-state index in [9.17, 15) is 4.79 Å². The van der Waals surface area contributed by atoms with Crippen LogP contribution in [0.25, 0.3) is 0 Å². The molecule has 0 aromatic carbocycles. The summed E-state index contributed by atoms with van der Waals surface area (Å²) in [4.78, 5) is 11.1. The van der Waals surface area contributed by atoms with Crippen molar-refractivity contribution in [3.8, 4) is 0 Å². The van der Waals surface area contributed by atoms with E-state index >= 15 is 0 Å². The monoisotopic (exact) mass is 227 g/mol. The zero-order valence-corrected chi connectivity index (χ0v) is 11.2. The first kappa shape index (κ1) is 13.3. The van der Waals surface area contributed by atoms with E-state index in [1.807, 2.05) is 0 Å². The van der Waals surface area contributed by atoms with Gasteiger partial charge in [-0.25, -0.2) is 4.79 Å². The van der Waals surface area contributed by atoms with Gasteiger partial charge in [0.15, 0.2) is 0 Å². The minimum Gasteiger partial charge on any atom is -0.453 e. The molecule has 0 bridgehead atoms. The Morgan fingerprint density at radius 1 is 1.38 bits per heavy atom. The Morgan fingerprint density at radius 3 is 2.50 bits per heavy atom. The van der Waals surface area contributed by atoms with Crippen LogP contribution >= 0.6 is 0 Å². The van der Waals surface area contributed by atoms with E-state index < -0.39 is 0 Å². The second-order valence-corrected chi connectivity index (χ2v) is 6.51. The van der Waals surface area contributed by atoms with Crippen LogP contribution in [-0.2, 0) is 4.74 Å². The number of rotatable bonds is 2. The molecule has 1 saturated carbocycles. The van der Waals surface area contributed by atoms with Crippen molar-refractivity contribution in [2.45, 2.75) is 47.0 Å². The molecule has 0 aromatic heterocycles. The highest BCUT2D eigenvalue weighted by molar-refractivity contribution is 5.66. The van der Waals surface area contributed by atoms with E-state index in [4.69, 9.17) is 0 Å². The number of ether oxygens (including phenoxy) is 1. The first-order valence-electron chi connectivity index (χ1n) is 6.08. The molecule has 0 spiro atoms. The Bertz CT molecular complexity index is 263. The molecule has 1 aliphatic rings. The van der Waals surface area contributed by atoms with E-state index in [1.165, 1.54) is 20.0 Å². The normalized spacial score (nSPS) is 33.2. The van der Waals surface area contributed by atoms with E-state index in [1.54, 1.807) is 0 Å². The first-order chi connectivity index (χ1) is 7.26. The second kappa shape index (κ2) is 4.64. The average Bonchev–Trinajstić information content (AvgIpc) is 2.10. The zero-order chi connectivity index (χ0) is 12.4. The van der Waals surface area contributed by atoms with E-state index in [2.05, 4.69) is 37.7 Å². The smallest absolute Gasteiger partial charge is 0.406 e. The van der Waals surface area contributed by atoms with Gasteiger partial charge in [-0.15, -0.1) is 0 Å². The second-order valence-electron chi connectivity index (χ2n) is 6.51. The van der Waals surface area contributed by atoms with Crippen LogP contribution in [0.3, 0.4) is 0 Å². The van der Waals surface area contributed by atoms with Crippen LogP contribution in [0.1, 0.15) is 47.0 Å². The Balaban J connectivity index is 2.58. The van der Waals surface area contributed by atoms with E-state index in [0.717, 1.165) is 12.3 Å². The number of hydrogen-bond donors (Lipinski definition) is 1. The minimum atomic E-state index is -0.322. The van der Waals surface area contributed by atoms with Crippen molar-refractivity contribution in [1.82, 2.24) is 5.32 Å². The predicted octanol–water partition coefficient (Wildman–Crippen LogP) is 3.19. The third-order valence-corrected chi connectivity index (χ3v) is 3.49. The van der Waals surface area contributed by atoms with Crippen LogP contribution in [0.5, 0.6) is 0 Å². The van der Waals surface area contributed by atoms with Crippen LogP contribution < -0.4 is 5.32 Å². The molecule has 3 nitrogen and oxygen atoms in total. The van der Waals surface area contributed by atoms with E-state index in [0.29, 0.717) is 12.0 Å². The SMILES string of the molecule is COC(=O)NCC1(C)CC(C)CC(C)(C)C1. The summed E-state index contributed by atoms with van der Waals surface area (Å²) in [7, 11) is 1.41. The van der Waals surface area contributed by atoms with Gasteiger partial charge in [-0.05, 0) is 36.0 Å². The molecule has 2 atom stereocenters. The fourth-order valence-corrected chi connectivity index (χ4v) is 3.65. The quantitative estimate of drug-likeness (QED) is 0.786. The van der Waals surface area contributed by atoms with Crippen molar-refractivity contribution in [2.75, 3.05) is 13.7 Å². The van der Waals surface area contributed by atoms with Crippen LogP contribution in [0.4, 0.5) is 4.79 Å². The number of alkyl carbamates (subject to hydrolysis) is 1. The molecular formula is C13H25NO2. The Labute approximate surface area is 98.9 Å². The molecule has 1 aliphatic carbocycles. The summed E-state index contributed by atoms with van der Waals surface area (Å²) >= 11 is 0. The molecule has 3 heteroatoms. The Hall–Kier alpha value is -0.730. The lowest BCUT2D eigenvalue weighted by molar-refractivity contribution is 0.0595. The van der Waals surface area contributed by atoms with Crippen LogP contribution in [0.15, 0.2) is 0 Å². The van der Waals surface area contributed by atoms with Gasteiger partial charge in [-0.1, -0.05) is 27.7 Å². The van der Waals surface area contributed by atoms with Crippen molar-refractivity contribution < 1.29 is 9.53 Å². The molecule has 0 aromatic rings. The predicted molar refractivity (Wildman–Crippen MR) is 65.3 cm³/mol. The number of nitrogens with one attached hydrogen (secondary N) is 1. The lowest BCUT2D eigenvalue weighted by Gasteiger charge is -2.45. The summed E-state index contributed by atoms with van der Waals surface area (Å²) in [6.07, 6.45) is 3.30. The van der Waals surface area contributed by atoms with Crippen molar-refractivity contribution in [3.63, 3.8) is 0 Å². The van der Waals surface area contributed by atoms with Gasteiger partial charge >= 0.3 is 6.09 Å². The molecule has 1 amide bonds. The largest absolute Gasteiger partial charge is 0.453 e. The van der Waals surface area contributed by atoms with Crippen LogP contribution in [0, 0.1) is 16.7 Å². The zero-order valence-electron chi connectivity index (χ0n) is 11.2. The van der Waals surface area contributed by atoms with Crippen LogP contribution in [-0.4, -0.2) is 19.7 Å². The summed E-state index contributed by atoms with van der Waals surface area (Å²) < 4.78 is 4.62. The average molecular weight is 227 g/mol. The van der Waals surface area contributed by atoms with Crippen LogP contribution in [0.2, 0.25) is 0 Å². The fraction of sp³-hybridized carbons (Fsp3) is 0.923. The summed E-state index contributed by atoms with van der Waals surface area (Å²) in [5, 5.41) is 2.84. The Morgan fingerprint density at radius 2 is 2.00 bits per heavy atom. The number of carbonyl (C=O) groups is 1. The fourth-order valence-electron chi connectivity index (χ4n) is 3.65. The summed E-state index contributed by atoms with van der Waals surface area (Å²) in [5.74, 6) is 0.730. The topological polar surface area (TPSA) is 38.3 Å². The van der Waals surface area contributed by atoms with Crippen molar-refractivity contribution in [2.24, 2.45) is 16.7 Å². The molecule has 0 aliphatic heterocycles. The summed E-state index contributed by atoms with van der Waals surface area (Å²) in [6, 6.07) is 0. The van der Waals surface area contributed by atoms with Gasteiger partial charge in [0.05, 0.1) is 7.11 Å². The van der Waals surface area contributed by atoms with Gasteiger partial charge < -0.3 is 10.1 Å². The third kappa shape index (κ3) is 3.69. The van der Waals surface area contributed by atoms with Crippen molar-refractivity contribution >= 4 is 6.09 Å². The molecule has 16 heavy (non-hydrogen) atoms. The maximum atomic E-state index is 11.1. The lowest BCUT2D eigenvalue weighted by Crippen LogP contribution is -2.43. The Kier molecular flexibility index (Phi) is 3.87. The third-order valence-electron chi connectivity index (χ3n) is 3.49. The number of hydrogen-bond acceptors (Lipinski definition) is 2. The van der Waals surface area contributed by atoms with Gasteiger partial charge in [0, 0.05) is 6.54 Å². The highest BCUT2D eigenvalue weighted by atomic mass is 16.5. The first-order valence-corrected chi connectivity index (χ1v) is 6.08. The molecule has 1 fully saturated rings. The van der Waals surface area contributed by atoms with Gasteiger partial charge in [-0.3, -0.25) is 0 Å². The molecule has 94 valence electrons. The molecule has 2 unspecified atom stereocenters. The van der Waals surface area contributed by atoms with Gasteiger partial charge in [0.25, 0.3) is 0 Å². The highest BCUT2D eigenvalue weighted by Crippen LogP contribution is 2.48. The number of methoxy groups -OCH3 is 1. The highest BCUT2D eigenvalue weighted by Gasteiger charge is 2.39. The molecule has 0 saturated heterocycles. The van der Waals surface area contributed by atoms with Gasteiger partial charge in [0.1, 0.15) is 0 Å². The minimum absolute atomic E-state index is 0.204. The lowest BCUT2D eigenvalue weighted by atomic mass is 9.61. The van der Waals surface area contributed by atoms with Crippen molar-refractivity contribution in [3.05, 3.63) is 0 Å². The van der Waals surface area contributed by atoms with Gasteiger partial charge in [0.2, 0.25) is 0 Å². The van der Waals surface area contributed by atoms with E-state index in [-0.39, 0.29) is 11.5 Å². The standard InChI is InChI=1S/C13H25NO2/c1-10-6-12(2,3)8-13(4,7-10)9-14-11(15)16-5/h10H,6-9H2,1-5H3,(H,14,15). The molecule has 1 N–H and O–H groups in total. The number of carbonyl (C=O) groups excluding carboxylic acids is 1.